The molecule has 2 aromatic carbocycles. The summed E-state index contributed by atoms with van der Waals surface area (Å²) in [6.45, 7) is 0.335. The summed E-state index contributed by atoms with van der Waals surface area (Å²) in [5.74, 6) is -0.810. The van der Waals surface area contributed by atoms with E-state index in [1.165, 1.54) is 34.6 Å². The Kier molecular flexibility index (Phi) is 7.16. The zero-order valence-electron chi connectivity index (χ0n) is 17.3. The minimum Gasteiger partial charge on any atom is -0.459 e. The summed E-state index contributed by atoms with van der Waals surface area (Å²) in [7, 11) is 0. The van der Waals surface area contributed by atoms with Gasteiger partial charge in [-0.25, -0.2) is 9.37 Å². The van der Waals surface area contributed by atoms with Crippen LogP contribution in [0.2, 0.25) is 5.02 Å². The van der Waals surface area contributed by atoms with Crippen LogP contribution < -0.4 is 10.2 Å². The largest absolute Gasteiger partial charge is 0.459 e. The highest BCUT2D eigenvalue weighted by molar-refractivity contribution is 7.14. The van der Waals surface area contributed by atoms with Crippen molar-refractivity contribution in [3.63, 3.8) is 0 Å². The minimum atomic E-state index is -0.395. The lowest BCUT2D eigenvalue weighted by Crippen LogP contribution is -2.34. The van der Waals surface area contributed by atoms with Crippen molar-refractivity contribution < 1.29 is 18.4 Å². The van der Waals surface area contributed by atoms with E-state index < -0.39 is 5.91 Å². The van der Waals surface area contributed by atoms with E-state index in [0.29, 0.717) is 15.8 Å². The van der Waals surface area contributed by atoms with Gasteiger partial charge >= 0.3 is 0 Å². The number of rotatable bonds is 8. The van der Waals surface area contributed by atoms with Crippen LogP contribution in [0.25, 0.3) is 11.3 Å². The summed E-state index contributed by atoms with van der Waals surface area (Å²) in [4.78, 5) is 31.3. The van der Waals surface area contributed by atoms with Crippen molar-refractivity contribution in [3.05, 3.63) is 94.5 Å². The summed E-state index contributed by atoms with van der Waals surface area (Å²) in [6.07, 6.45) is 1.46. The molecule has 0 saturated carbocycles. The molecule has 0 unspecified atom stereocenters. The quantitative estimate of drug-likeness (QED) is 0.356. The molecule has 0 atom stereocenters. The van der Waals surface area contributed by atoms with Gasteiger partial charge in [0.05, 0.1) is 18.5 Å². The van der Waals surface area contributed by atoms with E-state index in [-0.39, 0.29) is 37.0 Å². The molecule has 4 rings (SSSR count). The zero-order valence-corrected chi connectivity index (χ0v) is 18.9. The second kappa shape index (κ2) is 10.4. The molecule has 0 aliphatic rings. The van der Waals surface area contributed by atoms with Gasteiger partial charge in [0.15, 0.2) is 10.9 Å². The van der Waals surface area contributed by atoms with Crippen LogP contribution in [-0.2, 0) is 11.3 Å². The Labute approximate surface area is 198 Å². The van der Waals surface area contributed by atoms with E-state index in [9.17, 15) is 14.0 Å². The highest BCUT2D eigenvalue weighted by atomic mass is 35.5. The fraction of sp³-hybridized carbons (Fsp3) is 0.125. The molecule has 0 spiro atoms. The molecule has 0 radical (unpaired) electrons. The third kappa shape index (κ3) is 5.66. The summed E-state index contributed by atoms with van der Waals surface area (Å²) in [5, 5.41) is 5.55. The van der Waals surface area contributed by atoms with Gasteiger partial charge in [-0.1, -0.05) is 41.9 Å². The number of anilines is 1. The van der Waals surface area contributed by atoms with Gasteiger partial charge in [-0.2, -0.15) is 0 Å². The van der Waals surface area contributed by atoms with Crippen molar-refractivity contribution >= 4 is 39.9 Å². The van der Waals surface area contributed by atoms with Crippen molar-refractivity contribution in [3.8, 4) is 11.3 Å². The molecule has 2 aromatic heterocycles. The number of benzene rings is 2. The molecule has 0 aliphatic heterocycles. The van der Waals surface area contributed by atoms with Gasteiger partial charge in [0, 0.05) is 28.9 Å². The van der Waals surface area contributed by atoms with E-state index in [4.69, 9.17) is 16.0 Å². The van der Waals surface area contributed by atoms with Gasteiger partial charge in [-0.3, -0.25) is 14.5 Å². The Morgan fingerprint density at radius 1 is 1.09 bits per heavy atom. The Balaban J connectivity index is 1.52. The van der Waals surface area contributed by atoms with Gasteiger partial charge in [0.1, 0.15) is 5.82 Å². The first kappa shape index (κ1) is 22.7. The average Bonchev–Trinajstić information content (AvgIpc) is 3.51. The fourth-order valence-corrected chi connectivity index (χ4v) is 4.20. The van der Waals surface area contributed by atoms with Crippen LogP contribution >= 0.6 is 22.9 Å². The maximum absolute atomic E-state index is 13.3. The number of aromatic nitrogens is 1. The normalized spacial score (nSPS) is 10.7. The number of hydrogen-bond donors (Lipinski definition) is 1. The first-order valence-corrected chi connectivity index (χ1v) is 11.3. The summed E-state index contributed by atoms with van der Waals surface area (Å²) in [6, 6.07) is 16.4. The molecule has 0 bridgehead atoms. The lowest BCUT2D eigenvalue weighted by Gasteiger charge is -2.20. The monoisotopic (exact) mass is 483 g/mol. The Bertz CT molecular complexity index is 1240. The summed E-state index contributed by atoms with van der Waals surface area (Å²) >= 11 is 7.60. The summed E-state index contributed by atoms with van der Waals surface area (Å²) in [5.41, 5.74) is 2.17. The number of nitrogens with zero attached hydrogens (tertiary/aromatic N) is 2. The van der Waals surface area contributed by atoms with Crippen molar-refractivity contribution in [2.75, 3.05) is 11.4 Å². The van der Waals surface area contributed by atoms with Gasteiger partial charge in [0.2, 0.25) is 5.91 Å². The first-order chi connectivity index (χ1) is 16.0. The van der Waals surface area contributed by atoms with Crippen LogP contribution in [0.15, 0.2) is 76.7 Å². The topological polar surface area (TPSA) is 75.4 Å². The molecule has 0 saturated heterocycles. The lowest BCUT2D eigenvalue weighted by atomic mass is 10.2. The van der Waals surface area contributed by atoms with Crippen molar-refractivity contribution in [2.45, 2.75) is 13.0 Å². The molecular formula is C24H19ClFN3O3S. The number of amides is 2. The molecule has 0 aliphatic carbocycles. The van der Waals surface area contributed by atoms with E-state index in [1.54, 1.807) is 30.3 Å². The maximum Gasteiger partial charge on any atom is 0.286 e. The van der Waals surface area contributed by atoms with Gasteiger partial charge in [-0.15, -0.1) is 11.3 Å². The van der Waals surface area contributed by atoms with E-state index in [0.717, 1.165) is 11.1 Å². The zero-order chi connectivity index (χ0) is 23.2. The van der Waals surface area contributed by atoms with E-state index in [2.05, 4.69) is 10.3 Å². The first-order valence-electron chi connectivity index (χ1n) is 10.1. The molecule has 2 amide bonds. The van der Waals surface area contributed by atoms with Crippen LogP contribution in [0.1, 0.15) is 22.5 Å². The van der Waals surface area contributed by atoms with Crippen molar-refractivity contribution in [1.82, 2.24) is 10.3 Å². The Morgan fingerprint density at radius 2 is 1.88 bits per heavy atom. The van der Waals surface area contributed by atoms with Crippen LogP contribution in [0.4, 0.5) is 9.52 Å². The third-order valence-electron chi connectivity index (χ3n) is 4.80. The third-order valence-corrected chi connectivity index (χ3v) is 5.99. The Hall–Kier alpha value is -3.49. The van der Waals surface area contributed by atoms with Crippen molar-refractivity contribution in [1.29, 1.82) is 0 Å². The number of nitrogens with one attached hydrogen (secondary N) is 1. The highest BCUT2D eigenvalue weighted by Gasteiger charge is 2.21. The van der Waals surface area contributed by atoms with Crippen LogP contribution in [0, 0.1) is 5.82 Å². The predicted molar refractivity (Wildman–Crippen MR) is 126 cm³/mol. The number of thiazole rings is 1. The maximum atomic E-state index is 13.3. The predicted octanol–water partition coefficient (Wildman–Crippen LogP) is 5.55. The molecule has 1 N–H and O–H groups in total. The molecule has 6 nitrogen and oxygen atoms in total. The number of carbonyl (C=O) groups excluding carboxylic acids is 2. The second-order valence-corrected chi connectivity index (χ2v) is 8.33. The van der Waals surface area contributed by atoms with Crippen LogP contribution in [0.5, 0.6) is 0 Å². The molecule has 0 fully saturated rings. The SMILES string of the molecule is O=C(NCCC(=O)N(Cc1ccc(F)cc1)c1nc(-c2ccccc2Cl)cs1)c1ccco1. The smallest absolute Gasteiger partial charge is 0.286 e. The standard InChI is InChI=1S/C24H19ClFN3O3S/c25-19-5-2-1-4-18(19)20-15-33-24(28-20)29(14-16-7-9-17(26)10-8-16)22(30)11-12-27-23(31)21-6-3-13-32-21/h1-10,13,15H,11-12,14H2,(H,27,31). The lowest BCUT2D eigenvalue weighted by molar-refractivity contribution is -0.118. The number of halogens is 2. The average molecular weight is 484 g/mol. The number of furan rings is 1. The van der Waals surface area contributed by atoms with Gasteiger partial charge in [-0.05, 0) is 35.9 Å². The van der Waals surface area contributed by atoms with Crippen LogP contribution in [0.3, 0.4) is 0 Å². The Morgan fingerprint density at radius 3 is 2.61 bits per heavy atom. The minimum absolute atomic E-state index is 0.0502. The molecule has 168 valence electrons. The molecule has 4 aromatic rings. The molecule has 33 heavy (non-hydrogen) atoms. The van der Waals surface area contributed by atoms with E-state index in [1.807, 2.05) is 23.6 Å². The second-order valence-electron chi connectivity index (χ2n) is 7.08. The number of hydrogen-bond acceptors (Lipinski definition) is 5. The van der Waals surface area contributed by atoms with Crippen LogP contribution in [-0.4, -0.2) is 23.3 Å². The highest BCUT2D eigenvalue weighted by Crippen LogP contribution is 2.32. The summed E-state index contributed by atoms with van der Waals surface area (Å²) < 4.78 is 18.4. The molecule has 9 heteroatoms. The fourth-order valence-electron chi connectivity index (χ4n) is 3.13. The van der Waals surface area contributed by atoms with Gasteiger partial charge in [0.25, 0.3) is 5.91 Å². The molecular weight excluding hydrogens is 465 g/mol. The molecule has 2 heterocycles. The van der Waals surface area contributed by atoms with Crippen molar-refractivity contribution in [2.24, 2.45) is 0 Å². The van der Waals surface area contributed by atoms with Gasteiger partial charge < -0.3 is 9.73 Å². The van der Waals surface area contributed by atoms with E-state index >= 15 is 0 Å². The number of carbonyl (C=O) groups is 2.